The van der Waals surface area contributed by atoms with Crippen LogP contribution in [-0.4, -0.2) is 68.7 Å². The van der Waals surface area contributed by atoms with Crippen molar-refractivity contribution >= 4 is 23.3 Å². The zero-order valence-electron chi connectivity index (χ0n) is 17.6. The molecule has 0 atom stereocenters. The number of urea groups is 1. The largest absolute Gasteiger partial charge is 0.368 e. The molecule has 2 amide bonds. The molecule has 0 unspecified atom stereocenters. The van der Waals surface area contributed by atoms with E-state index in [1.165, 1.54) is 31.5 Å². The molecule has 1 N–H and O–H groups in total. The number of nitrogens with one attached hydrogen (secondary N) is 1. The SMILES string of the molecule is Cc1cccc(N2CCN(CCC3CCC(NC(=O)N(C)C)CC3)CC2)c1Cl. The van der Waals surface area contributed by atoms with Crippen LogP contribution in [0.3, 0.4) is 0 Å². The summed E-state index contributed by atoms with van der Waals surface area (Å²) >= 11 is 6.50. The van der Waals surface area contributed by atoms with E-state index in [1.807, 2.05) is 0 Å². The summed E-state index contributed by atoms with van der Waals surface area (Å²) in [6.07, 6.45) is 5.97. The minimum atomic E-state index is 0.0371. The number of halogens is 1. The Morgan fingerprint density at radius 3 is 2.46 bits per heavy atom. The molecule has 3 rings (SSSR count). The first-order valence-corrected chi connectivity index (χ1v) is 11.0. The molecular formula is C22H35ClN4O. The van der Waals surface area contributed by atoms with Crippen LogP contribution in [0.5, 0.6) is 0 Å². The number of nitrogens with zero attached hydrogens (tertiary/aromatic N) is 3. The number of piperazine rings is 1. The molecule has 1 aliphatic heterocycles. The van der Waals surface area contributed by atoms with E-state index in [-0.39, 0.29) is 6.03 Å². The molecule has 2 aliphatic rings. The third-order valence-corrected chi connectivity index (χ3v) is 6.81. The Labute approximate surface area is 175 Å². The van der Waals surface area contributed by atoms with Crippen molar-refractivity contribution in [2.24, 2.45) is 5.92 Å². The van der Waals surface area contributed by atoms with Gasteiger partial charge in [-0.25, -0.2) is 4.79 Å². The second kappa shape index (κ2) is 9.84. The van der Waals surface area contributed by atoms with Crippen molar-refractivity contribution in [2.75, 3.05) is 51.7 Å². The van der Waals surface area contributed by atoms with Gasteiger partial charge in [-0.2, -0.15) is 0 Å². The summed E-state index contributed by atoms with van der Waals surface area (Å²) in [4.78, 5) is 18.4. The van der Waals surface area contributed by atoms with Gasteiger partial charge in [0.05, 0.1) is 10.7 Å². The number of hydrogen-bond acceptors (Lipinski definition) is 3. The summed E-state index contributed by atoms with van der Waals surface area (Å²) < 4.78 is 0. The summed E-state index contributed by atoms with van der Waals surface area (Å²) in [6, 6.07) is 6.70. The van der Waals surface area contributed by atoms with Crippen LogP contribution in [0.4, 0.5) is 10.5 Å². The second-order valence-electron chi connectivity index (χ2n) is 8.59. The molecule has 1 heterocycles. The smallest absolute Gasteiger partial charge is 0.317 e. The fourth-order valence-corrected chi connectivity index (χ4v) is 4.60. The summed E-state index contributed by atoms with van der Waals surface area (Å²) in [5, 5.41) is 4.03. The van der Waals surface area contributed by atoms with E-state index in [9.17, 15) is 4.79 Å². The van der Waals surface area contributed by atoms with Crippen LogP contribution in [0.25, 0.3) is 0 Å². The van der Waals surface area contributed by atoms with Gasteiger partial charge in [0.1, 0.15) is 0 Å². The standard InChI is InChI=1S/C22H35ClN4O/c1-17-5-4-6-20(21(17)23)27-15-13-26(14-16-27)12-11-18-7-9-19(10-8-18)24-22(28)25(2)3/h4-6,18-19H,7-16H2,1-3H3,(H,24,28). The normalized spacial score (nSPS) is 23.5. The summed E-state index contributed by atoms with van der Waals surface area (Å²) in [5.74, 6) is 0.803. The average Bonchev–Trinajstić information content (AvgIpc) is 2.70. The van der Waals surface area contributed by atoms with Gasteiger partial charge in [0, 0.05) is 46.3 Å². The number of benzene rings is 1. The lowest BCUT2D eigenvalue weighted by Crippen LogP contribution is -2.47. The third kappa shape index (κ3) is 5.54. The van der Waals surface area contributed by atoms with Crippen LogP contribution in [0.2, 0.25) is 5.02 Å². The zero-order valence-corrected chi connectivity index (χ0v) is 18.3. The van der Waals surface area contributed by atoms with Gasteiger partial charge in [-0.1, -0.05) is 23.7 Å². The molecule has 0 radical (unpaired) electrons. The van der Waals surface area contributed by atoms with Crippen molar-refractivity contribution in [1.29, 1.82) is 0 Å². The maximum atomic E-state index is 11.8. The Morgan fingerprint density at radius 1 is 1.14 bits per heavy atom. The fourth-order valence-electron chi connectivity index (χ4n) is 4.35. The van der Waals surface area contributed by atoms with Crippen molar-refractivity contribution in [2.45, 2.75) is 45.1 Å². The Balaban J connectivity index is 1.36. The molecule has 28 heavy (non-hydrogen) atoms. The molecule has 0 bridgehead atoms. The minimum Gasteiger partial charge on any atom is -0.368 e. The molecule has 1 aliphatic carbocycles. The second-order valence-corrected chi connectivity index (χ2v) is 8.96. The maximum Gasteiger partial charge on any atom is 0.317 e. The predicted molar refractivity (Wildman–Crippen MR) is 117 cm³/mol. The van der Waals surface area contributed by atoms with Crippen LogP contribution in [-0.2, 0) is 0 Å². The van der Waals surface area contributed by atoms with Gasteiger partial charge in [-0.15, -0.1) is 0 Å². The molecule has 5 nitrogen and oxygen atoms in total. The summed E-state index contributed by atoms with van der Waals surface area (Å²) in [6.45, 7) is 7.58. The first-order chi connectivity index (χ1) is 13.4. The van der Waals surface area contributed by atoms with Gasteiger partial charge in [0.25, 0.3) is 0 Å². The fraction of sp³-hybridized carbons (Fsp3) is 0.682. The van der Waals surface area contributed by atoms with Crippen molar-refractivity contribution in [3.63, 3.8) is 0 Å². The molecule has 2 fully saturated rings. The highest BCUT2D eigenvalue weighted by Gasteiger charge is 2.24. The van der Waals surface area contributed by atoms with Crippen molar-refractivity contribution in [3.05, 3.63) is 28.8 Å². The van der Waals surface area contributed by atoms with Crippen LogP contribution >= 0.6 is 11.6 Å². The average molecular weight is 407 g/mol. The number of amides is 2. The van der Waals surface area contributed by atoms with Crippen molar-refractivity contribution in [3.8, 4) is 0 Å². The van der Waals surface area contributed by atoms with Gasteiger partial charge < -0.3 is 15.1 Å². The minimum absolute atomic E-state index is 0.0371. The van der Waals surface area contributed by atoms with E-state index >= 15 is 0 Å². The summed E-state index contributed by atoms with van der Waals surface area (Å²) in [5.41, 5.74) is 2.33. The van der Waals surface area contributed by atoms with Gasteiger partial charge in [-0.05, 0) is 63.1 Å². The molecule has 0 aromatic heterocycles. The van der Waals surface area contributed by atoms with Crippen LogP contribution in [0, 0.1) is 12.8 Å². The highest BCUT2D eigenvalue weighted by Crippen LogP contribution is 2.30. The van der Waals surface area contributed by atoms with Crippen molar-refractivity contribution < 1.29 is 4.79 Å². The lowest BCUT2D eigenvalue weighted by Gasteiger charge is -2.37. The van der Waals surface area contributed by atoms with E-state index in [0.29, 0.717) is 6.04 Å². The van der Waals surface area contributed by atoms with E-state index in [0.717, 1.165) is 55.5 Å². The van der Waals surface area contributed by atoms with Crippen LogP contribution < -0.4 is 10.2 Å². The number of aryl methyl sites for hydroxylation is 1. The van der Waals surface area contributed by atoms with Crippen molar-refractivity contribution in [1.82, 2.24) is 15.1 Å². The quantitative estimate of drug-likeness (QED) is 0.803. The monoisotopic (exact) mass is 406 g/mol. The summed E-state index contributed by atoms with van der Waals surface area (Å²) in [7, 11) is 3.60. The number of anilines is 1. The molecule has 1 aromatic rings. The molecule has 6 heteroatoms. The lowest BCUT2D eigenvalue weighted by atomic mass is 9.84. The third-order valence-electron chi connectivity index (χ3n) is 6.32. The van der Waals surface area contributed by atoms with Gasteiger partial charge in [0.15, 0.2) is 0 Å². The number of rotatable bonds is 5. The number of hydrogen-bond donors (Lipinski definition) is 1. The topological polar surface area (TPSA) is 38.8 Å². The van der Waals surface area contributed by atoms with Crippen LogP contribution in [0.15, 0.2) is 18.2 Å². The van der Waals surface area contributed by atoms with E-state index in [2.05, 4.69) is 40.2 Å². The predicted octanol–water partition coefficient (Wildman–Crippen LogP) is 3.99. The molecule has 1 aromatic carbocycles. The first-order valence-electron chi connectivity index (χ1n) is 10.6. The van der Waals surface area contributed by atoms with Gasteiger partial charge in [-0.3, -0.25) is 4.90 Å². The van der Waals surface area contributed by atoms with E-state index < -0.39 is 0 Å². The molecule has 0 spiro atoms. The Morgan fingerprint density at radius 2 is 1.82 bits per heavy atom. The lowest BCUT2D eigenvalue weighted by molar-refractivity contribution is 0.194. The Kier molecular flexibility index (Phi) is 7.47. The highest BCUT2D eigenvalue weighted by atomic mass is 35.5. The first kappa shape index (κ1) is 21.3. The molecule has 156 valence electrons. The number of carbonyl (C=O) groups excluding carboxylic acids is 1. The zero-order chi connectivity index (χ0) is 20.1. The van der Waals surface area contributed by atoms with E-state index in [4.69, 9.17) is 11.6 Å². The van der Waals surface area contributed by atoms with E-state index in [1.54, 1.807) is 19.0 Å². The molecule has 1 saturated carbocycles. The molecule has 1 saturated heterocycles. The molecular weight excluding hydrogens is 372 g/mol. The maximum absolute atomic E-state index is 11.8. The van der Waals surface area contributed by atoms with Crippen LogP contribution in [0.1, 0.15) is 37.7 Å². The van der Waals surface area contributed by atoms with Gasteiger partial charge in [0.2, 0.25) is 0 Å². The Bertz CT molecular complexity index is 650. The highest BCUT2D eigenvalue weighted by molar-refractivity contribution is 6.34. The Hall–Kier alpha value is -1.46. The van der Waals surface area contributed by atoms with Gasteiger partial charge >= 0.3 is 6.03 Å². The number of carbonyl (C=O) groups is 1.